The van der Waals surface area contributed by atoms with Gasteiger partial charge in [-0.05, 0) is 32.4 Å². The van der Waals surface area contributed by atoms with Crippen molar-refractivity contribution < 1.29 is 18.0 Å². The molecule has 2 aliphatic heterocycles. The second-order valence-electron chi connectivity index (χ2n) is 5.58. The lowest BCUT2D eigenvalue weighted by Crippen LogP contribution is -2.46. The number of rotatable bonds is 2. The molecule has 0 saturated carbocycles. The van der Waals surface area contributed by atoms with E-state index in [2.05, 4.69) is 10.2 Å². The summed E-state index contributed by atoms with van der Waals surface area (Å²) in [5.74, 6) is -1.28. The highest BCUT2D eigenvalue weighted by Gasteiger charge is 2.41. The van der Waals surface area contributed by atoms with Crippen LogP contribution in [0.25, 0.3) is 0 Å². The average molecular weight is 293 g/mol. The van der Waals surface area contributed by atoms with Crippen LogP contribution in [0.5, 0.6) is 0 Å². The molecule has 2 saturated heterocycles. The standard InChI is InChI=1S/C13H22F3N3O/c14-13(15,16)11-2-7-19(8-3-11)12(20)10-18-6-1-4-17-5-9-18/h11,17H,1-10H2. The summed E-state index contributed by atoms with van der Waals surface area (Å²) >= 11 is 0. The molecule has 0 atom stereocenters. The molecule has 2 fully saturated rings. The van der Waals surface area contributed by atoms with Crippen molar-refractivity contribution in [1.82, 2.24) is 15.1 Å². The van der Waals surface area contributed by atoms with E-state index in [9.17, 15) is 18.0 Å². The second kappa shape index (κ2) is 6.76. The number of hydrogen-bond donors (Lipinski definition) is 1. The first-order valence-corrected chi connectivity index (χ1v) is 7.24. The molecule has 0 bridgehead atoms. The van der Waals surface area contributed by atoms with E-state index in [-0.39, 0.29) is 31.8 Å². The first-order chi connectivity index (χ1) is 9.47. The Kier molecular flexibility index (Phi) is 5.26. The third kappa shape index (κ3) is 4.34. The second-order valence-corrected chi connectivity index (χ2v) is 5.58. The number of alkyl halides is 3. The van der Waals surface area contributed by atoms with E-state index in [0.717, 1.165) is 32.6 Å². The van der Waals surface area contributed by atoms with Gasteiger partial charge in [-0.1, -0.05) is 0 Å². The van der Waals surface area contributed by atoms with Crippen LogP contribution < -0.4 is 5.32 Å². The molecule has 0 aromatic rings. The average Bonchev–Trinajstić information content (AvgIpc) is 2.66. The predicted octanol–water partition coefficient (Wildman–Crippen LogP) is 1.08. The summed E-state index contributed by atoms with van der Waals surface area (Å²) in [4.78, 5) is 15.8. The van der Waals surface area contributed by atoms with Gasteiger partial charge in [0.15, 0.2) is 0 Å². The molecular formula is C13H22F3N3O. The monoisotopic (exact) mass is 293 g/mol. The molecule has 0 aromatic carbocycles. The fraction of sp³-hybridized carbons (Fsp3) is 0.923. The first-order valence-electron chi connectivity index (χ1n) is 7.24. The summed E-state index contributed by atoms with van der Waals surface area (Å²) in [5.41, 5.74) is 0. The Labute approximate surface area is 117 Å². The summed E-state index contributed by atoms with van der Waals surface area (Å²) in [6, 6.07) is 0. The minimum absolute atomic E-state index is 0.0347. The maximum absolute atomic E-state index is 12.6. The molecular weight excluding hydrogens is 271 g/mol. The molecule has 116 valence electrons. The molecule has 20 heavy (non-hydrogen) atoms. The molecule has 2 aliphatic rings. The molecule has 2 rings (SSSR count). The Bertz CT molecular complexity index is 319. The number of piperidine rings is 1. The molecule has 4 nitrogen and oxygen atoms in total. The van der Waals surface area contributed by atoms with Gasteiger partial charge >= 0.3 is 6.18 Å². The maximum Gasteiger partial charge on any atom is 0.391 e. The van der Waals surface area contributed by atoms with Gasteiger partial charge in [0, 0.05) is 26.2 Å². The fourth-order valence-electron chi connectivity index (χ4n) is 2.81. The summed E-state index contributed by atoms with van der Waals surface area (Å²) in [5, 5.41) is 3.26. The van der Waals surface area contributed by atoms with Crippen molar-refractivity contribution in [3.05, 3.63) is 0 Å². The van der Waals surface area contributed by atoms with Gasteiger partial charge in [0.05, 0.1) is 12.5 Å². The van der Waals surface area contributed by atoms with E-state index >= 15 is 0 Å². The molecule has 0 unspecified atom stereocenters. The van der Waals surface area contributed by atoms with Gasteiger partial charge < -0.3 is 10.2 Å². The van der Waals surface area contributed by atoms with Crippen LogP contribution in [0.15, 0.2) is 0 Å². The zero-order valence-corrected chi connectivity index (χ0v) is 11.6. The Morgan fingerprint density at radius 3 is 2.45 bits per heavy atom. The van der Waals surface area contributed by atoms with Gasteiger partial charge in [-0.15, -0.1) is 0 Å². The predicted molar refractivity (Wildman–Crippen MR) is 69.3 cm³/mol. The third-order valence-electron chi connectivity index (χ3n) is 4.10. The lowest BCUT2D eigenvalue weighted by Gasteiger charge is -2.34. The van der Waals surface area contributed by atoms with Crippen LogP contribution in [-0.2, 0) is 4.79 Å². The normalized spacial score (nSPS) is 23.6. The van der Waals surface area contributed by atoms with Crippen molar-refractivity contribution in [2.45, 2.75) is 25.4 Å². The molecule has 0 radical (unpaired) electrons. The van der Waals surface area contributed by atoms with E-state index in [0.29, 0.717) is 6.54 Å². The summed E-state index contributed by atoms with van der Waals surface area (Å²) in [6.07, 6.45) is -3.04. The number of carbonyl (C=O) groups excluding carboxylic acids is 1. The zero-order chi connectivity index (χ0) is 14.6. The summed E-state index contributed by atoms with van der Waals surface area (Å²) < 4.78 is 37.7. The number of nitrogens with zero attached hydrogens (tertiary/aromatic N) is 2. The third-order valence-corrected chi connectivity index (χ3v) is 4.10. The Hall–Kier alpha value is -0.820. The van der Waals surface area contributed by atoms with Gasteiger partial charge in [0.25, 0.3) is 0 Å². The van der Waals surface area contributed by atoms with E-state index in [1.54, 1.807) is 4.90 Å². The zero-order valence-electron chi connectivity index (χ0n) is 11.6. The van der Waals surface area contributed by atoms with E-state index in [1.807, 2.05) is 0 Å². The van der Waals surface area contributed by atoms with Crippen LogP contribution in [0.3, 0.4) is 0 Å². The van der Waals surface area contributed by atoms with Crippen LogP contribution >= 0.6 is 0 Å². The fourth-order valence-corrected chi connectivity index (χ4v) is 2.81. The van der Waals surface area contributed by atoms with Crippen LogP contribution in [0, 0.1) is 5.92 Å². The topological polar surface area (TPSA) is 35.6 Å². The van der Waals surface area contributed by atoms with Crippen molar-refractivity contribution in [3.8, 4) is 0 Å². The van der Waals surface area contributed by atoms with Crippen molar-refractivity contribution in [3.63, 3.8) is 0 Å². The van der Waals surface area contributed by atoms with Crippen LogP contribution in [-0.4, -0.2) is 67.7 Å². The number of carbonyl (C=O) groups is 1. The smallest absolute Gasteiger partial charge is 0.342 e. The SMILES string of the molecule is O=C(CN1CCCNCC1)N1CCC(C(F)(F)F)CC1. The van der Waals surface area contributed by atoms with E-state index in [4.69, 9.17) is 0 Å². The largest absolute Gasteiger partial charge is 0.391 e. The molecule has 1 N–H and O–H groups in total. The van der Waals surface area contributed by atoms with Gasteiger partial charge in [0.2, 0.25) is 5.91 Å². The Morgan fingerprint density at radius 1 is 1.10 bits per heavy atom. The molecule has 1 amide bonds. The lowest BCUT2D eigenvalue weighted by atomic mass is 9.96. The highest BCUT2D eigenvalue weighted by atomic mass is 19.4. The number of amides is 1. The highest BCUT2D eigenvalue weighted by Crippen LogP contribution is 2.34. The molecule has 0 spiro atoms. The maximum atomic E-state index is 12.6. The van der Waals surface area contributed by atoms with Crippen LogP contribution in [0.2, 0.25) is 0 Å². The lowest BCUT2D eigenvalue weighted by molar-refractivity contribution is -0.186. The van der Waals surface area contributed by atoms with E-state index < -0.39 is 12.1 Å². The number of hydrogen-bond acceptors (Lipinski definition) is 3. The quantitative estimate of drug-likeness (QED) is 0.827. The highest BCUT2D eigenvalue weighted by molar-refractivity contribution is 5.78. The van der Waals surface area contributed by atoms with Gasteiger partial charge in [0.1, 0.15) is 0 Å². The van der Waals surface area contributed by atoms with Crippen molar-refractivity contribution in [1.29, 1.82) is 0 Å². The Morgan fingerprint density at radius 2 is 1.80 bits per heavy atom. The Balaban J connectivity index is 1.76. The number of halogens is 3. The van der Waals surface area contributed by atoms with Crippen molar-refractivity contribution in [2.75, 3.05) is 45.8 Å². The molecule has 0 aromatic heterocycles. The van der Waals surface area contributed by atoms with Crippen LogP contribution in [0.1, 0.15) is 19.3 Å². The van der Waals surface area contributed by atoms with Gasteiger partial charge in [-0.3, -0.25) is 9.69 Å². The number of nitrogens with one attached hydrogen (secondary N) is 1. The van der Waals surface area contributed by atoms with Crippen molar-refractivity contribution in [2.24, 2.45) is 5.92 Å². The first kappa shape index (κ1) is 15.6. The van der Waals surface area contributed by atoms with Gasteiger partial charge in [-0.25, -0.2) is 0 Å². The number of likely N-dealkylation sites (tertiary alicyclic amines) is 1. The van der Waals surface area contributed by atoms with Crippen molar-refractivity contribution >= 4 is 5.91 Å². The molecule has 7 heteroatoms. The minimum atomic E-state index is -4.12. The summed E-state index contributed by atoms with van der Waals surface area (Å²) in [7, 11) is 0. The molecule has 2 heterocycles. The summed E-state index contributed by atoms with van der Waals surface area (Å²) in [6.45, 7) is 4.32. The van der Waals surface area contributed by atoms with Gasteiger partial charge in [-0.2, -0.15) is 13.2 Å². The minimum Gasteiger partial charge on any atom is -0.342 e. The molecule has 0 aliphatic carbocycles. The van der Waals surface area contributed by atoms with E-state index in [1.165, 1.54) is 0 Å². The van der Waals surface area contributed by atoms with Crippen LogP contribution in [0.4, 0.5) is 13.2 Å².